The highest BCUT2D eigenvalue weighted by molar-refractivity contribution is 6.30. The summed E-state index contributed by atoms with van der Waals surface area (Å²) in [6, 6.07) is 10.1. The Kier molecular flexibility index (Phi) is 5.24. The second-order valence-electron chi connectivity index (χ2n) is 6.84. The van der Waals surface area contributed by atoms with Gasteiger partial charge in [0, 0.05) is 36.3 Å². The van der Waals surface area contributed by atoms with Crippen molar-refractivity contribution in [3.05, 3.63) is 52.9 Å². The molecule has 2 aliphatic heterocycles. The molecule has 0 aliphatic carbocycles. The second-order valence-corrected chi connectivity index (χ2v) is 7.27. The fourth-order valence-corrected chi connectivity index (χ4v) is 3.85. The number of ether oxygens (including phenoxy) is 2. The first-order chi connectivity index (χ1) is 13.1. The van der Waals surface area contributed by atoms with Crippen LogP contribution in [0.2, 0.25) is 5.02 Å². The first-order valence-electron chi connectivity index (χ1n) is 8.90. The molecule has 1 aromatic heterocycles. The van der Waals surface area contributed by atoms with E-state index in [0.717, 1.165) is 30.1 Å². The lowest BCUT2D eigenvalue weighted by atomic mass is 10.1. The molecule has 2 fully saturated rings. The summed E-state index contributed by atoms with van der Waals surface area (Å²) in [6.07, 6.45) is 2.39. The highest BCUT2D eigenvalue weighted by Crippen LogP contribution is 2.31. The predicted octanol–water partition coefficient (Wildman–Crippen LogP) is 2.54. The fourth-order valence-electron chi connectivity index (χ4n) is 3.72. The number of anilines is 1. The van der Waals surface area contributed by atoms with Gasteiger partial charge in [-0.2, -0.15) is 0 Å². The molecular formula is C19H21ClN4O3. The number of halogens is 1. The van der Waals surface area contributed by atoms with Gasteiger partial charge in [-0.3, -0.25) is 4.90 Å². The molecule has 4 rings (SSSR count). The lowest BCUT2D eigenvalue weighted by Crippen LogP contribution is -2.42. The predicted molar refractivity (Wildman–Crippen MR) is 101 cm³/mol. The molecule has 2 aliphatic rings. The third kappa shape index (κ3) is 4.05. The van der Waals surface area contributed by atoms with Crippen LogP contribution in [0.5, 0.6) is 0 Å². The van der Waals surface area contributed by atoms with Crippen LogP contribution >= 0.6 is 11.6 Å². The van der Waals surface area contributed by atoms with Gasteiger partial charge in [0.15, 0.2) is 5.69 Å². The maximum atomic E-state index is 11.6. The summed E-state index contributed by atoms with van der Waals surface area (Å²) in [4.78, 5) is 22.2. The van der Waals surface area contributed by atoms with Crippen LogP contribution in [0.1, 0.15) is 28.6 Å². The molecule has 7 nitrogen and oxygen atoms in total. The summed E-state index contributed by atoms with van der Waals surface area (Å²) in [5.74, 6) is 0.161. The molecule has 3 atom stereocenters. The van der Waals surface area contributed by atoms with Gasteiger partial charge in [0.25, 0.3) is 0 Å². The van der Waals surface area contributed by atoms with E-state index in [1.165, 1.54) is 13.4 Å². The quantitative estimate of drug-likeness (QED) is 0.806. The summed E-state index contributed by atoms with van der Waals surface area (Å²) in [6.45, 7) is 2.44. The average Bonchev–Trinajstić information content (AvgIpc) is 3.09. The van der Waals surface area contributed by atoms with Crippen LogP contribution in [-0.2, 0) is 9.47 Å². The van der Waals surface area contributed by atoms with E-state index in [1.807, 2.05) is 24.3 Å². The van der Waals surface area contributed by atoms with Gasteiger partial charge in [-0.15, -0.1) is 0 Å². The first kappa shape index (κ1) is 18.2. The molecule has 3 heterocycles. The smallest absolute Gasteiger partial charge is 0.356 e. The molecular weight excluding hydrogens is 368 g/mol. The SMILES string of the molecule is COC(=O)c1cc(N[C@@H]2C[C@H]3CO[C@@H](c4ccc(Cl)cc4)CN3C2)ncn1. The van der Waals surface area contributed by atoms with E-state index in [1.54, 1.807) is 6.07 Å². The topological polar surface area (TPSA) is 76.6 Å². The molecule has 1 aromatic carbocycles. The largest absolute Gasteiger partial charge is 0.464 e. The maximum Gasteiger partial charge on any atom is 0.356 e. The van der Waals surface area contributed by atoms with Crippen molar-refractivity contribution < 1.29 is 14.3 Å². The van der Waals surface area contributed by atoms with E-state index >= 15 is 0 Å². The molecule has 0 saturated carbocycles. The number of hydrogen-bond acceptors (Lipinski definition) is 7. The third-order valence-corrected chi connectivity index (χ3v) is 5.33. The maximum absolute atomic E-state index is 11.6. The molecule has 2 aromatic rings. The summed E-state index contributed by atoms with van der Waals surface area (Å²) in [5, 5.41) is 4.14. The Labute approximate surface area is 162 Å². The Bertz CT molecular complexity index is 817. The van der Waals surface area contributed by atoms with Gasteiger partial charge < -0.3 is 14.8 Å². The number of methoxy groups -OCH3 is 1. The number of hydrogen-bond donors (Lipinski definition) is 1. The standard InChI is InChI=1S/C19H21ClN4O3/c1-26-19(25)16-7-18(22-11-21-16)23-14-6-15-10-27-17(9-24(15)8-14)12-2-4-13(20)5-3-12/h2-5,7,11,14-15,17H,6,8-10H2,1H3,(H,21,22,23)/t14-,15+,17-/m1/s1. The van der Waals surface area contributed by atoms with Gasteiger partial charge in [-0.1, -0.05) is 23.7 Å². The Hall–Kier alpha value is -2.22. The van der Waals surface area contributed by atoms with E-state index in [9.17, 15) is 4.79 Å². The molecule has 0 amide bonds. The van der Waals surface area contributed by atoms with Crippen LogP contribution in [-0.4, -0.2) is 59.7 Å². The summed E-state index contributed by atoms with van der Waals surface area (Å²) in [7, 11) is 1.34. The van der Waals surface area contributed by atoms with Gasteiger partial charge >= 0.3 is 5.97 Å². The molecule has 0 unspecified atom stereocenters. The van der Waals surface area contributed by atoms with Gasteiger partial charge in [0.1, 0.15) is 12.1 Å². The van der Waals surface area contributed by atoms with E-state index in [2.05, 4.69) is 20.2 Å². The third-order valence-electron chi connectivity index (χ3n) is 5.07. The Morgan fingerprint density at radius 2 is 2.11 bits per heavy atom. The highest BCUT2D eigenvalue weighted by atomic mass is 35.5. The van der Waals surface area contributed by atoms with Gasteiger partial charge in [-0.25, -0.2) is 14.8 Å². The lowest BCUT2D eigenvalue weighted by molar-refractivity contribution is -0.0501. The minimum absolute atomic E-state index is 0.0576. The van der Waals surface area contributed by atoms with Crippen molar-refractivity contribution in [2.45, 2.75) is 24.6 Å². The van der Waals surface area contributed by atoms with Crippen LogP contribution in [0.25, 0.3) is 0 Å². The van der Waals surface area contributed by atoms with Crippen LogP contribution in [0.3, 0.4) is 0 Å². The molecule has 0 bridgehead atoms. The Balaban J connectivity index is 1.39. The number of esters is 1. The van der Waals surface area contributed by atoms with Crippen molar-refractivity contribution in [1.29, 1.82) is 0 Å². The lowest BCUT2D eigenvalue weighted by Gasteiger charge is -2.35. The van der Waals surface area contributed by atoms with Gasteiger partial charge in [0.2, 0.25) is 0 Å². The van der Waals surface area contributed by atoms with Crippen molar-refractivity contribution in [2.75, 3.05) is 32.1 Å². The number of morpholine rings is 1. The van der Waals surface area contributed by atoms with Crippen LogP contribution in [0, 0.1) is 0 Å². The van der Waals surface area contributed by atoms with Crippen LogP contribution in [0.4, 0.5) is 5.82 Å². The van der Waals surface area contributed by atoms with E-state index in [-0.39, 0.29) is 17.8 Å². The fraction of sp³-hybridized carbons (Fsp3) is 0.421. The molecule has 142 valence electrons. The molecule has 0 spiro atoms. The average molecular weight is 389 g/mol. The van der Waals surface area contributed by atoms with Gasteiger partial charge in [-0.05, 0) is 24.1 Å². The number of nitrogens with one attached hydrogen (secondary N) is 1. The Morgan fingerprint density at radius 3 is 2.89 bits per heavy atom. The zero-order valence-corrected chi connectivity index (χ0v) is 15.7. The Morgan fingerprint density at radius 1 is 1.30 bits per heavy atom. The van der Waals surface area contributed by atoms with Crippen molar-refractivity contribution in [1.82, 2.24) is 14.9 Å². The number of nitrogens with zero attached hydrogens (tertiary/aromatic N) is 3. The van der Waals surface area contributed by atoms with E-state index in [4.69, 9.17) is 21.1 Å². The minimum Gasteiger partial charge on any atom is -0.464 e. The first-order valence-corrected chi connectivity index (χ1v) is 9.28. The molecule has 2 saturated heterocycles. The monoisotopic (exact) mass is 388 g/mol. The van der Waals surface area contributed by atoms with Gasteiger partial charge in [0.05, 0.1) is 19.8 Å². The number of carbonyl (C=O) groups is 1. The van der Waals surface area contributed by atoms with Crippen LogP contribution < -0.4 is 5.32 Å². The molecule has 8 heteroatoms. The number of fused-ring (bicyclic) bond motifs is 1. The number of rotatable bonds is 4. The normalized spacial score (nSPS) is 25.0. The van der Waals surface area contributed by atoms with Crippen molar-refractivity contribution in [2.24, 2.45) is 0 Å². The van der Waals surface area contributed by atoms with E-state index < -0.39 is 5.97 Å². The number of carbonyl (C=O) groups excluding carboxylic acids is 1. The van der Waals surface area contributed by atoms with Crippen molar-refractivity contribution in [3.8, 4) is 0 Å². The summed E-state index contributed by atoms with van der Waals surface area (Å²) >= 11 is 5.98. The van der Waals surface area contributed by atoms with E-state index in [0.29, 0.717) is 18.5 Å². The number of aromatic nitrogens is 2. The summed E-state index contributed by atoms with van der Waals surface area (Å²) in [5.41, 5.74) is 1.39. The molecule has 1 N–H and O–H groups in total. The summed E-state index contributed by atoms with van der Waals surface area (Å²) < 4.78 is 10.8. The zero-order chi connectivity index (χ0) is 18.8. The molecule has 0 radical (unpaired) electrons. The van der Waals surface area contributed by atoms with Crippen molar-refractivity contribution >= 4 is 23.4 Å². The van der Waals surface area contributed by atoms with Crippen molar-refractivity contribution in [3.63, 3.8) is 0 Å². The van der Waals surface area contributed by atoms with Crippen LogP contribution in [0.15, 0.2) is 36.7 Å². The number of benzene rings is 1. The second kappa shape index (κ2) is 7.80. The minimum atomic E-state index is -0.469. The zero-order valence-electron chi connectivity index (χ0n) is 15.0. The highest BCUT2D eigenvalue weighted by Gasteiger charge is 2.37. The molecule has 27 heavy (non-hydrogen) atoms.